The van der Waals surface area contributed by atoms with Crippen molar-refractivity contribution in [1.82, 2.24) is 4.98 Å². The SMILES string of the molecule is Cc1cnc(C(C)Nc2cc([N+](=O)[O-])ccc2C(=O)O)o1. The van der Waals surface area contributed by atoms with Crippen molar-refractivity contribution in [2.24, 2.45) is 0 Å². The average molecular weight is 291 g/mol. The first-order chi connectivity index (χ1) is 9.88. The van der Waals surface area contributed by atoms with Crippen LogP contribution in [0.1, 0.15) is 35.0 Å². The molecule has 1 aromatic heterocycles. The number of rotatable bonds is 5. The van der Waals surface area contributed by atoms with Gasteiger partial charge in [-0.2, -0.15) is 0 Å². The molecule has 0 aliphatic carbocycles. The van der Waals surface area contributed by atoms with Gasteiger partial charge in [0, 0.05) is 12.1 Å². The van der Waals surface area contributed by atoms with Crippen molar-refractivity contribution in [3.05, 3.63) is 51.7 Å². The van der Waals surface area contributed by atoms with Gasteiger partial charge in [-0.3, -0.25) is 10.1 Å². The first-order valence-electron chi connectivity index (χ1n) is 6.09. The molecule has 2 rings (SSSR count). The number of aromatic nitrogens is 1. The van der Waals surface area contributed by atoms with Crippen molar-refractivity contribution >= 4 is 17.3 Å². The molecule has 0 saturated carbocycles. The van der Waals surface area contributed by atoms with Crippen molar-refractivity contribution in [2.75, 3.05) is 5.32 Å². The summed E-state index contributed by atoms with van der Waals surface area (Å²) in [4.78, 5) is 25.4. The Morgan fingerprint density at radius 2 is 2.24 bits per heavy atom. The van der Waals surface area contributed by atoms with E-state index in [2.05, 4.69) is 10.3 Å². The summed E-state index contributed by atoms with van der Waals surface area (Å²) in [5, 5.41) is 22.8. The summed E-state index contributed by atoms with van der Waals surface area (Å²) in [5.74, 6) is -0.185. The molecule has 110 valence electrons. The molecule has 1 aromatic carbocycles. The number of anilines is 1. The lowest BCUT2D eigenvalue weighted by molar-refractivity contribution is -0.384. The molecule has 1 unspecified atom stereocenters. The van der Waals surface area contributed by atoms with Crippen LogP contribution in [0.5, 0.6) is 0 Å². The fourth-order valence-electron chi connectivity index (χ4n) is 1.82. The Hall–Kier alpha value is -2.90. The second kappa shape index (κ2) is 5.61. The maximum absolute atomic E-state index is 11.2. The number of nitrogens with one attached hydrogen (secondary N) is 1. The molecule has 0 bridgehead atoms. The molecule has 2 aromatic rings. The molecule has 2 N–H and O–H groups in total. The highest BCUT2D eigenvalue weighted by Gasteiger charge is 2.19. The van der Waals surface area contributed by atoms with E-state index in [9.17, 15) is 14.9 Å². The summed E-state index contributed by atoms with van der Waals surface area (Å²) in [5.41, 5.74) is -0.117. The predicted octanol–water partition coefficient (Wildman–Crippen LogP) is 2.76. The molecular weight excluding hydrogens is 278 g/mol. The number of nitro groups is 1. The molecule has 1 atom stereocenters. The standard InChI is InChI=1S/C13H13N3O5/c1-7-6-14-12(21-7)8(2)15-11-5-9(16(19)20)3-4-10(11)13(17)18/h3-6,8,15H,1-2H3,(H,17,18). The Morgan fingerprint density at radius 3 is 2.76 bits per heavy atom. The van der Waals surface area contributed by atoms with Gasteiger partial charge in [0.2, 0.25) is 5.89 Å². The van der Waals surface area contributed by atoms with Gasteiger partial charge in [0.05, 0.1) is 22.4 Å². The molecule has 0 aliphatic heterocycles. The molecular formula is C13H13N3O5. The third-order valence-corrected chi connectivity index (χ3v) is 2.83. The van der Waals surface area contributed by atoms with Gasteiger partial charge in [-0.25, -0.2) is 9.78 Å². The zero-order valence-corrected chi connectivity index (χ0v) is 11.4. The van der Waals surface area contributed by atoms with Crippen LogP contribution in [0.2, 0.25) is 0 Å². The lowest BCUT2D eigenvalue weighted by atomic mass is 10.1. The highest BCUT2D eigenvalue weighted by Crippen LogP contribution is 2.26. The van der Waals surface area contributed by atoms with Crippen LogP contribution in [0.15, 0.2) is 28.8 Å². The number of nitrogens with zero attached hydrogens (tertiary/aromatic N) is 2. The molecule has 0 fully saturated rings. The van der Waals surface area contributed by atoms with Gasteiger partial charge < -0.3 is 14.8 Å². The van der Waals surface area contributed by atoms with E-state index in [1.807, 2.05) is 0 Å². The van der Waals surface area contributed by atoms with Crippen LogP contribution in [-0.4, -0.2) is 21.0 Å². The van der Waals surface area contributed by atoms with E-state index in [1.165, 1.54) is 12.1 Å². The highest BCUT2D eigenvalue weighted by atomic mass is 16.6. The van der Waals surface area contributed by atoms with Crippen LogP contribution >= 0.6 is 0 Å². The smallest absolute Gasteiger partial charge is 0.337 e. The first-order valence-corrected chi connectivity index (χ1v) is 6.09. The Bertz CT molecular complexity index is 695. The van der Waals surface area contributed by atoms with Gasteiger partial charge in [0.25, 0.3) is 5.69 Å². The maximum Gasteiger partial charge on any atom is 0.337 e. The van der Waals surface area contributed by atoms with Crippen molar-refractivity contribution in [2.45, 2.75) is 19.9 Å². The second-order valence-corrected chi connectivity index (χ2v) is 4.47. The van der Waals surface area contributed by atoms with Crippen LogP contribution in [0.3, 0.4) is 0 Å². The van der Waals surface area contributed by atoms with Crippen LogP contribution in [-0.2, 0) is 0 Å². The minimum Gasteiger partial charge on any atom is -0.478 e. The number of non-ortho nitro benzene ring substituents is 1. The van der Waals surface area contributed by atoms with Gasteiger partial charge in [-0.1, -0.05) is 0 Å². The number of benzene rings is 1. The Morgan fingerprint density at radius 1 is 1.52 bits per heavy atom. The van der Waals surface area contributed by atoms with Gasteiger partial charge in [0.15, 0.2) is 0 Å². The van der Waals surface area contributed by atoms with Crippen LogP contribution < -0.4 is 5.32 Å². The zero-order chi connectivity index (χ0) is 15.6. The number of carbonyl (C=O) groups is 1. The number of carboxylic acids is 1. The quantitative estimate of drug-likeness (QED) is 0.642. The number of hydrogen-bond donors (Lipinski definition) is 2. The van der Waals surface area contributed by atoms with Crippen molar-refractivity contribution in [3.63, 3.8) is 0 Å². The van der Waals surface area contributed by atoms with Crippen molar-refractivity contribution in [1.29, 1.82) is 0 Å². The first kappa shape index (κ1) is 14.5. The molecule has 8 heteroatoms. The van der Waals surface area contributed by atoms with E-state index in [4.69, 9.17) is 9.52 Å². The summed E-state index contributed by atoms with van der Waals surface area (Å²) in [6.07, 6.45) is 1.54. The summed E-state index contributed by atoms with van der Waals surface area (Å²) in [7, 11) is 0. The lowest BCUT2D eigenvalue weighted by Gasteiger charge is -2.14. The Kier molecular flexibility index (Phi) is 3.88. The topological polar surface area (TPSA) is 118 Å². The Labute approximate surface area is 119 Å². The van der Waals surface area contributed by atoms with Crippen LogP contribution in [0.25, 0.3) is 0 Å². The van der Waals surface area contributed by atoms with Gasteiger partial charge in [0.1, 0.15) is 11.8 Å². The monoisotopic (exact) mass is 291 g/mol. The minimum atomic E-state index is -1.18. The molecule has 8 nitrogen and oxygen atoms in total. The molecule has 1 heterocycles. The summed E-state index contributed by atoms with van der Waals surface area (Å²) < 4.78 is 5.34. The zero-order valence-electron chi connectivity index (χ0n) is 11.4. The van der Waals surface area contributed by atoms with Gasteiger partial charge in [-0.15, -0.1) is 0 Å². The summed E-state index contributed by atoms with van der Waals surface area (Å²) >= 11 is 0. The largest absolute Gasteiger partial charge is 0.478 e. The van der Waals surface area contributed by atoms with E-state index in [1.54, 1.807) is 20.0 Å². The van der Waals surface area contributed by atoms with Gasteiger partial charge in [-0.05, 0) is 19.9 Å². The third kappa shape index (κ3) is 3.16. The van der Waals surface area contributed by atoms with Crippen LogP contribution in [0.4, 0.5) is 11.4 Å². The van der Waals surface area contributed by atoms with E-state index >= 15 is 0 Å². The third-order valence-electron chi connectivity index (χ3n) is 2.83. The fraction of sp³-hybridized carbons (Fsp3) is 0.231. The highest BCUT2D eigenvalue weighted by molar-refractivity contribution is 5.94. The number of nitro benzene ring substituents is 1. The van der Waals surface area contributed by atoms with E-state index < -0.39 is 16.9 Å². The molecule has 0 spiro atoms. The number of aryl methyl sites for hydroxylation is 1. The molecule has 0 radical (unpaired) electrons. The number of hydrogen-bond acceptors (Lipinski definition) is 6. The van der Waals surface area contributed by atoms with Gasteiger partial charge >= 0.3 is 5.97 Å². The van der Waals surface area contributed by atoms with E-state index in [-0.39, 0.29) is 16.9 Å². The predicted molar refractivity (Wildman–Crippen MR) is 73.3 cm³/mol. The second-order valence-electron chi connectivity index (χ2n) is 4.47. The van der Waals surface area contributed by atoms with Crippen molar-refractivity contribution < 1.29 is 19.2 Å². The molecule has 0 saturated heterocycles. The molecule has 0 amide bonds. The molecule has 0 aliphatic rings. The van der Waals surface area contributed by atoms with E-state index in [0.717, 1.165) is 6.07 Å². The van der Waals surface area contributed by atoms with E-state index in [0.29, 0.717) is 11.7 Å². The summed E-state index contributed by atoms with van der Waals surface area (Å²) in [6, 6.07) is 3.08. The lowest BCUT2D eigenvalue weighted by Crippen LogP contribution is -2.11. The number of aromatic carboxylic acids is 1. The average Bonchev–Trinajstić information content (AvgIpc) is 2.85. The minimum absolute atomic E-state index is 0.0595. The van der Waals surface area contributed by atoms with Crippen molar-refractivity contribution in [3.8, 4) is 0 Å². The normalized spacial score (nSPS) is 11.9. The number of carboxylic acid groups (broad SMARTS) is 1. The number of oxazole rings is 1. The maximum atomic E-state index is 11.2. The van der Waals surface area contributed by atoms with Crippen LogP contribution in [0, 0.1) is 17.0 Å². The molecule has 21 heavy (non-hydrogen) atoms. The fourth-order valence-corrected chi connectivity index (χ4v) is 1.82. The Balaban J connectivity index is 2.34. The summed E-state index contributed by atoms with van der Waals surface area (Å²) in [6.45, 7) is 3.45.